The standard InChI is InChI=1S/C16H12F3NO/c17-16(18,19)14-4-1-11(2-5-14)12-3-6-15-13(9-12)7-8-20(15)10-21/h1-6,9-10H,7-8H2. The molecule has 0 atom stereocenters. The van der Waals surface area contributed by atoms with Crippen LogP contribution in [-0.4, -0.2) is 13.0 Å². The molecule has 5 heteroatoms. The molecular weight excluding hydrogens is 279 g/mol. The van der Waals surface area contributed by atoms with Crippen LogP contribution in [0, 0.1) is 0 Å². The van der Waals surface area contributed by atoms with E-state index in [1.54, 1.807) is 4.90 Å². The maximum absolute atomic E-state index is 12.5. The summed E-state index contributed by atoms with van der Waals surface area (Å²) in [5.41, 5.74) is 2.85. The Balaban J connectivity index is 1.93. The molecule has 0 unspecified atom stereocenters. The van der Waals surface area contributed by atoms with E-state index in [1.165, 1.54) is 12.1 Å². The summed E-state index contributed by atoms with van der Waals surface area (Å²) in [7, 11) is 0. The van der Waals surface area contributed by atoms with Crippen LogP contribution in [0.4, 0.5) is 18.9 Å². The van der Waals surface area contributed by atoms with Gasteiger partial charge in [0.2, 0.25) is 6.41 Å². The van der Waals surface area contributed by atoms with Crippen molar-refractivity contribution in [3.05, 3.63) is 53.6 Å². The third-order valence-electron chi connectivity index (χ3n) is 3.68. The fourth-order valence-corrected chi connectivity index (χ4v) is 2.57. The molecule has 0 saturated carbocycles. The normalized spacial score (nSPS) is 14.1. The zero-order chi connectivity index (χ0) is 15.0. The van der Waals surface area contributed by atoms with Gasteiger partial charge in [0.15, 0.2) is 0 Å². The summed E-state index contributed by atoms with van der Waals surface area (Å²) in [4.78, 5) is 12.5. The van der Waals surface area contributed by atoms with Gasteiger partial charge in [-0.25, -0.2) is 0 Å². The highest BCUT2D eigenvalue weighted by atomic mass is 19.4. The van der Waals surface area contributed by atoms with E-state index < -0.39 is 11.7 Å². The molecule has 0 fully saturated rings. The first-order chi connectivity index (χ1) is 9.99. The SMILES string of the molecule is O=CN1CCc2cc(-c3ccc(C(F)(F)F)cc3)ccc21. The third-order valence-corrected chi connectivity index (χ3v) is 3.68. The van der Waals surface area contributed by atoms with Crippen molar-refractivity contribution in [2.45, 2.75) is 12.6 Å². The summed E-state index contributed by atoms with van der Waals surface area (Å²) < 4.78 is 37.6. The number of anilines is 1. The Morgan fingerprint density at radius 3 is 2.29 bits per heavy atom. The van der Waals surface area contributed by atoms with Gasteiger partial charge in [0, 0.05) is 12.2 Å². The molecule has 0 spiro atoms. The topological polar surface area (TPSA) is 20.3 Å². The van der Waals surface area contributed by atoms with Crippen LogP contribution in [0.15, 0.2) is 42.5 Å². The largest absolute Gasteiger partial charge is 0.416 e. The van der Waals surface area contributed by atoms with Crippen molar-refractivity contribution < 1.29 is 18.0 Å². The second kappa shape index (κ2) is 4.91. The molecule has 0 saturated heterocycles. The Morgan fingerprint density at radius 1 is 1.00 bits per heavy atom. The van der Waals surface area contributed by atoms with E-state index in [2.05, 4.69) is 0 Å². The second-order valence-corrected chi connectivity index (χ2v) is 4.97. The molecule has 0 aliphatic carbocycles. The summed E-state index contributed by atoms with van der Waals surface area (Å²) in [5.74, 6) is 0. The van der Waals surface area contributed by atoms with Gasteiger partial charge in [0.05, 0.1) is 5.56 Å². The summed E-state index contributed by atoms with van der Waals surface area (Å²) >= 11 is 0. The van der Waals surface area contributed by atoms with E-state index in [0.29, 0.717) is 6.54 Å². The van der Waals surface area contributed by atoms with Gasteiger partial charge in [-0.05, 0) is 47.4 Å². The van der Waals surface area contributed by atoms with Gasteiger partial charge in [-0.3, -0.25) is 4.79 Å². The summed E-state index contributed by atoms with van der Waals surface area (Å²) in [6, 6.07) is 10.7. The highest BCUT2D eigenvalue weighted by molar-refractivity contribution is 5.81. The molecule has 1 aliphatic heterocycles. The Bertz CT molecular complexity index is 677. The summed E-state index contributed by atoms with van der Waals surface area (Å²) in [6.45, 7) is 0.648. The van der Waals surface area contributed by atoms with E-state index in [4.69, 9.17) is 0 Å². The maximum Gasteiger partial charge on any atom is 0.416 e. The van der Waals surface area contributed by atoms with E-state index in [-0.39, 0.29) is 0 Å². The molecule has 1 amide bonds. The lowest BCUT2D eigenvalue weighted by Crippen LogP contribution is -2.17. The van der Waals surface area contributed by atoms with Gasteiger partial charge in [-0.15, -0.1) is 0 Å². The van der Waals surface area contributed by atoms with Crippen LogP contribution in [-0.2, 0) is 17.4 Å². The number of hydrogen-bond donors (Lipinski definition) is 0. The fourth-order valence-electron chi connectivity index (χ4n) is 2.57. The molecule has 0 radical (unpaired) electrons. The molecule has 2 aromatic carbocycles. The first-order valence-electron chi connectivity index (χ1n) is 6.51. The first kappa shape index (κ1) is 13.7. The maximum atomic E-state index is 12.5. The molecule has 3 rings (SSSR count). The van der Waals surface area contributed by atoms with E-state index in [9.17, 15) is 18.0 Å². The summed E-state index contributed by atoms with van der Waals surface area (Å²) in [6.07, 6.45) is -2.76. The van der Waals surface area contributed by atoms with Crippen LogP contribution in [0.5, 0.6) is 0 Å². The van der Waals surface area contributed by atoms with E-state index >= 15 is 0 Å². The quantitative estimate of drug-likeness (QED) is 0.769. The van der Waals surface area contributed by atoms with Gasteiger partial charge in [0.25, 0.3) is 0 Å². The lowest BCUT2D eigenvalue weighted by molar-refractivity contribution is -0.137. The number of alkyl halides is 3. The Labute approximate surface area is 119 Å². The molecule has 108 valence electrons. The zero-order valence-electron chi connectivity index (χ0n) is 11.0. The lowest BCUT2D eigenvalue weighted by atomic mass is 10.0. The predicted octanol–water partition coefficient (Wildman–Crippen LogP) is 3.89. The number of carbonyl (C=O) groups is 1. The molecule has 2 nitrogen and oxygen atoms in total. The molecule has 2 aromatic rings. The van der Waals surface area contributed by atoms with Crippen molar-refractivity contribution in [1.82, 2.24) is 0 Å². The number of halogens is 3. The van der Waals surface area contributed by atoms with Crippen molar-refractivity contribution >= 4 is 12.1 Å². The molecule has 0 N–H and O–H groups in total. The number of nitrogens with zero attached hydrogens (tertiary/aromatic N) is 1. The summed E-state index contributed by atoms with van der Waals surface area (Å²) in [5, 5.41) is 0. The van der Waals surface area contributed by atoms with Crippen LogP contribution < -0.4 is 4.90 Å². The zero-order valence-corrected chi connectivity index (χ0v) is 11.0. The van der Waals surface area contributed by atoms with Crippen LogP contribution in [0.25, 0.3) is 11.1 Å². The average Bonchev–Trinajstić information content (AvgIpc) is 2.88. The van der Waals surface area contributed by atoms with Crippen LogP contribution in [0.3, 0.4) is 0 Å². The predicted molar refractivity (Wildman–Crippen MR) is 74.0 cm³/mol. The Morgan fingerprint density at radius 2 is 1.67 bits per heavy atom. The third kappa shape index (κ3) is 2.51. The second-order valence-electron chi connectivity index (χ2n) is 4.97. The molecule has 1 aliphatic rings. The van der Waals surface area contributed by atoms with Crippen LogP contribution in [0.1, 0.15) is 11.1 Å². The van der Waals surface area contributed by atoms with Gasteiger partial charge < -0.3 is 4.90 Å². The van der Waals surface area contributed by atoms with Gasteiger partial charge in [-0.2, -0.15) is 13.2 Å². The monoisotopic (exact) mass is 291 g/mol. The lowest BCUT2D eigenvalue weighted by Gasteiger charge is -2.11. The first-order valence-corrected chi connectivity index (χ1v) is 6.51. The van der Waals surface area contributed by atoms with Crippen molar-refractivity contribution in [2.75, 3.05) is 11.4 Å². The van der Waals surface area contributed by atoms with Crippen molar-refractivity contribution in [1.29, 1.82) is 0 Å². The van der Waals surface area contributed by atoms with E-state index in [0.717, 1.165) is 47.3 Å². The van der Waals surface area contributed by atoms with Crippen molar-refractivity contribution in [2.24, 2.45) is 0 Å². The number of rotatable bonds is 2. The Kier molecular flexibility index (Phi) is 3.20. The van der Waals surface area contributed by atoms with Crippen molar-refractivity contribution in [3.63, 3.8) is 0 Å². The highest BCUT2D eigenvalue weighted by Crippen LogP contribution is 2.34. The van der Waals surface area contributed by atoms with E-state index in [1.807, 2.05) is 18.2 Å². The number of hydrogen-bond acceptors (Lipinski definition) is 1. The fraction of sp³-hybridized carbons (Fsp3) is 0.188. The number of benzene rings is 2. The Hall–Kier alpha value is -2.30. The molecule has 21 heavy (non-hydrogen) atoms. The van der Waals surface area contributed by atoms with Gasteiger partial charge in [0.1, 0.15) is 0 Å². The number of fused-ring (bicyclic) bond motifs is 1. The minimum Gasteiger partial charge on any atom is -0.314 e. The molecule has 0 aromatic heterocycles. The smallest absolute Gasteiger partial charge is 0.314 e. The number of carbonyl (C=O) groups excluding carboxylic acids is 1. The molecular formula is C16H12F3NO. The van der Waals surface area contributed by atoms with Gasteiger partial charge >= 0.3 is 6.18 Å². The van der Waals surface area contributed by atoms with Crippen LogP contribution in [0.2, 0.25) is 0 Å². The van der Waals surface area contributed by atoms with Gasteiger partial charge in [-0.1, -0.05) is 18.2 Å². The molecule has 0 bridgehead atoms. The minimum absolute atomic E-state index is 0.648. The van der Waals surface area contributed by atoms with Crippen molar-refractivity contribution in [3.8, 4) is 11.1 Å². The number of amides is 1. The minimum atomic E-state index is -4.32. The highest BCUT2D eigenvalue weighted by Gasteiger charge is 2.30. The average molecular weight is 291 g/mol. The van der Waals surface area contributed by atoms with Crippen LogP contribution >= 0.6 is 0 Å². The molecule has 1 heterocycles.